The molecule has 6 heteroatoms. The van der Waals surface area contributed by atoms with Gasteiger partial charge in [0, 0.05) is 5.69 Å². The third kappa shape index (κ3) is 4.95. The topological polar surface area (TPSA) is 81.7 Å². The van der Waals surface area contributed by atoms with Crippen LogP contribution in [0, 0.1) is 5.92 Å². The predicted octanol–water partition coefficient (Wildman–Crippen LogP) is 2.31. The minimum atomic E-state index is -0.446. The minimum absolute atomic E-state index is 0.160. The number of nitrogens with one attached hydrogen (secondary N) is 1. The number of hydrogen-bond acceptors (Lipinski definition) is 5. The lowest BCUT2D eigenvalue weighted by Crippen LogP contribution is -2.25. The summed E-state index contributed by atoms with van der Waals surface area (Å²) >= 11 is 0. The van der Waals surface area contributed by atoms with Gasteiger partial charge in [-0.1, -0.05) is 12.2 Å². The van der Waals surface area contributed by atoms with Crippen molar-refractivity contribution in [1.82, 2.24) is 0 Å². The molecule has 1 aliphatic carbocycles. The number of hydrogen-bond donors (Lipinski definition) is 1. The molecule has 1 aromatic carbocycles. The summed E-state index contributed by atoms with van der Waals surface area (Å²) in [7, 11) is 1.30. The molecule has 0 fully saturated rings. The number of anilines is 1. The number of allylic oxidation sites excluding steroid dienone is 2. The molecule has 1 amide bonds. The molecule has 1 aromatic rings. The second-order valence-electron chi connectivity index (χ2n) is 5.21. The van der Waals surface area contributed by atoms with Gasteiger partial charge in [0.15, 0.2) is 6.61 Å². The number of rotatable bonds is 5. The van der Waals surface area contributed by atoms with Gasteiger partial charge in [0.1, 0.15) is 0 Å². The van der Waals surface area contributed by atoms with E-state index in [9.17, 15) is 14.4 Å². The van der Waals surface area contributed by atoms with Crippen molar-refractivity contribution < 1.29 is 23.9 Å². The summed E-state index contributed by atoms with van der Waals surface area (Å²) in [5.74, 6) is -1.37. The average molecular weight is 317 g/mol. The number of amides is 1. The first-order valence-corrected chi connectivity index (χ1v) is 7.40. The Morgan fingerprint density at radius 1 is 1.17 bits per heavy atom. The molecule has 0 bridgehead atoms. The fraction of sp³-hybridized carbons (Fsp3) is 0.353. The summed E-state index contributed by atoms with van der Waals surface area (Å²) in [6.45, 7) is -0.322. The Balaban J connectivity index is 1.79. The van der Waals surface area contributed by atoms with E-state index < -0.39 is 11.9 Å². The van der Waals surface area contributed by atoms with Crippen molar-refractivity contribution in [2.75, 3.05) is 19.0 Å². The van der Waals surface area contributed by atoms with Gasteiger partial charge in [-0.05, 0) is 43.5 Å². The van der Waals surface area contributed by atoms with Crippen molar-refractivity contribution >= 4 is 23.5 Å². The number of benzene rings is 1. The van der Waals surface area contributed by atoms with Crippen LogP contribution in [0.1, 0.15) is 29.6 Å². The van der Waals surface area contributed by atoms with Crippen LogP contribution < -0.4 is 5.32 Å². The van der Waals surface area contributed by atoms with E-state index in [0.717, 1.165) is 12.8 Å². The Morgan fingerprint density at radius 2 is 1.91 bits per heavy atom. The highest BCUT2D eigenvalue weighted by molar-refractivity contribution is 5.94. The molecular formula is C17H19NO5. The molecule has 6 nitrogen and oxygen atoms in total. The van der Waals surface area contributed by atoms with Crippen LogP contribution >= 0.6 is 0 Å². The van der Waals surface area contributed by atoms with Crippen LogP contribution in [0.25, 0.3) is 0 Å². The summed E-state index contributed by atoms with van der Waals surface area (Å²) in [4.78, 5) is 34.9. The maximum absolute atomic E-state index is 11.8. The Labute approximate surface area is 134 Å². The molecule has 0 radical (unpaired) electrons. The first-order chi connectivity index (χ1) is 11.1. The van der Waals surface area contributed by atoms with E-state index in [1.165, 1.54) is 7.11 Å². The van der Waals surface area contributed by atoms with Gasteiger partial charge in [0.25, 0.3) is 5.91 Å². The second kappa shape index (κ2) is 8.12. The Kier molecular flexibility index (Phi) is 5.91. The lowest BCUT2D eigenvalue weighted by Gasteiger charge is -2.16. The molecule has 1 aliphatic rings. The summed E-state index contributed by atoms with van der Waals surface area (Å²) in [5, 5.41) is 2.60. The van der Waals surface area contributed by atoms with Crippen molar-refractivity contribution in [3.8, 4) is 0 Å². The van der Waals surface area contributed by atoms with Gasteiger partial charge in [-0.3, -0.25) is 9.59 Å². The van der Waals surface area contributed by atoms with E-state index in [2.05, 4.69) is 10.1 Å². The van der Waals surface area contributed by atoms with Crippen molar-refractivity contribution in [3.63, 3.8) is 0 Å². The summed E-state index contributed by atoms with van der Waals surface area (Å²) < 4.78 is 9.63. The van der Waals surface area contributed by atoms with Crippen LogP contribution in [0.3, 0.4) is 0 Å². The number of carbonyl (C=O) groups is 3. The van der Waals surface area contributed by atoms with Crippen LogP contribution in [0.2, 0.25) is 0 Å². The summed E-state index contributed by atoms with van der Waals surface area (Å²) in [6, 6.07) is 6.25. The third-order valence-corrected chi connectivity index (χ3v) is 3.54. The number of methoxy groups -OCH3 is 1. The van der Waals surface area contributed by atoms with Crippen LogP contribution in [0.4, 0.5) is 5.69 Å². The fourth-order valence-corrected chi connectivity index (χ4v) is 2.27. The van der Waals surface area contributed by atoms with E-state index in [0.29, 0.717) is 17.7 Å². The zero-order chi connectivity index (χ0) is 16.7. The van der Waals surface area contributed by atoms with Gasteiger partial charge in [-0.15, -0.1) is 0 Å². The molecule has 0 aliphatic heterocycles. The number of carbonyl (C=O) groups excluding carboxylic acids is 3. The SMILES string of the molecule is COC(=O)c1ccc(NC(=O)COC(=O)[C@H]2CC=CCC2)cc1. The van der Waals surface area contributed by atoms with Crippen molar-refractivity contribution in [1.29, 1.82) is 0 Å². The fourth-order valence-electron chi connectivity index (χ4n) is 2.27. The standard InChI is InChI=1S/C17H19NO5/c1-22-16(20)13-7-9-14(10-8-13)18-15(19)11-23-17(21)12-5-3-2-4-6-12/h2-3,7-10,12H,4-6,11H2,1H3,(H,18,19)/t12-/m0/s1. The number of esters is 2. The molecule has 122 valence electrons. The van der Waals surface area contributed by atoms with E-state index >= 15 is 0 Å². The largest absolute Gasteiger partial charge is 0.465 e. The quantitative estimate of drug-likeness (QED) is 0.666. The Hall–Kier alpha value is -2.63. The van der Waals surface area contributed by atoms with Crippen molar-refractivity contribution in [3.05, 3.63) is 42.0 Å². The first-order valence-electron chi connectivity index (χ1n) is 7.40. The maximum Gasteiger partial charge on any atom is 0.337 e. The highest BCUT2D eigenvalue weighted by Gasteiger charge is 2.21. The molecule has 0 aromatic heterocycles. The molecular weight excluding hydrogens is 298 g/mol. The molecule has 0 unspecified atom stereocenters. The van der Waals surface area contributed by atoms with Gasteiger partial charge >= 0.3 is 11.9 Å². The Morgan fingerprint density at radius 3 is 2.52 bits per heavy atom. The molecule has 0 saturated carbocycles. The average Bonchev–Trinajstić information content (AvgIpc) is 2.60. The number of ether oxygens (including phenoxy) is 2. The minimum Gasteiger partial charge on any atom is -0.465 e. The van der Waals surface area contributed by atoms with Gasteiger partial charge in [0.05, 0.1) is 18.6 Å². The van der Waals surface area contributed by atoms with E-state index in [-0.39, 0.29) is 18.5 Å². The van der Waals surface area contributed by atoms with Crippen molar-refractivity contribution in [2.24, 2.45) is 5.92 Å². The van der Waals surface area contributed by atoms with Crippen LogP contribution in [0.15, 0.2) is 36.4 Å². The van der Waals surface area contributed by atoms with Gasteiger partial charge in [0.2, 0.25) is 0 Å². The van der Waals surface area contributed by atoms with Gasteiger partial charge in [-0.25, -0.2) is 4.79 Å². The molecule has 0 heterocycles. The lowest BCUT2D eigenvalue weighted by molar-refractivity contribution is -0.151. The molecule has 1 N–H and O–H groups in total. The van der Waals surface area contributed by atoms with Crippen LogP contribution in [-0.4, -0.2) is 31.6 Å². The molecule has 2 rings (SSSR count). The molecule has 0 saturated heterocycles. The lowest BCUT2D eigenvalue weighted by atomic mass is 9.95. The molecule has 23 heavy (non-hydrogen) atoms. The predicted molar refractivity (Wildman–Crippen MR) is 83.9 cm³/mol. The zero-order valence-corrected chi connectivity index (χ0v) is 12.9. The van der Waals surface area contributed by atoms with Crippen LogP contribution in [-0.2, 0) is 19.1 Å². The van der Waals surface area contributed by atoms with E-state index in [4.69, 9.17) is 4.74 Å². The second-order valence-corrected chi connectivity index (χ2v) is 5.21. The van der Waals surface area contributed by atoms with E-state index in [1.54, 1.807) is 24.3 Å². The highest BCUT2D eigenvalue weighted by atomic mass is 16.5. The van der Waals surface area contributed by atoms with Gasteiger partial charge < -0.3 is 14.8 Å². The third-order valence-electron chi connectivity index (χ3n) is 3.54. The summed E-state index contributed by atoms with van der Waals surface area (Å²) in [5.41, 5.74) is 0.904. The first kappa shape index (κ1) is 16.7. The van der Waals surface area contributed by atoms with E-state index in [1.807, 2.05) is 12.2 Å². The smallest absolute Gasteiger partial charge is 0.337 e. The maximum atomic E-state index is 11.8. The monoisotopic (exact) mass is 317 g/mol. The highest BCUT2D eigenvalue weighted by Crippen LogP contribution is 2.19. The Bertz CT molecular complexity index is 606. The van der Waals surface area contributed by atoms with Crippen LogP contribution in [0.5, 0.6) is 0 Å². The molecule has 1 atom stereocenters. The molecule has 0 spiro atoms. The zero-order valence-electron chi connectivity index (χ0n) is 12.9. The normalized spacial score (nSPS) is 16.5. The van der Waals surface area contributed by atoms with Crippen molar-refractivity contribution in [2.45, 2.75) is 19.3 Å². The summed E-state index contributed by atoms with van der Waals surface area (Å²) in [6.07, 6.45) is 6.27. The van der Waals surface area contributed by atoms with Gasteiger partial charge in [-0.2, -0.15) is 0 Å².